The van der Waals surface area contributed by atoms with E-state index in [9.17, 15) is 9.18 Å². The summed E-state index contributed by atoms with van der Waals surface area (Å²) in [5.74, 6) is -0.846. The number of carbonyl (C=O) groups excluding carboxylic acids is 1. The van der Waals surface area contributed by atoms with Crippen molar-refractivity contribution >= 4 is 29.1 Å². The smallest absolute Gasteiger partial charge is 0.224 e. The largest absolute Gasteiger partial charge is 0.351 e. The van der Waals surface area contributed by atoms with E-state index in [2.05, 4.69) is 11.9 Å². The van der Waals surface area contributed by atoms with E-state index >= 15 is 0 Å². The number of hydrogen-bond acceptors (Lipinski definition) is 1. The molecule has 0 unspecified atom stereocenters. The predicted molar refractivity (Wildman–Crippen MR) is 63.1 cm³/mol. The predicted octanol–water partition coefficient (Wildman–Crippen LogP) is 2.89. The van der Waals surface area contributed by atoms with Crippen LogP contribution in [-0.4, -0.2) is 12.5 Å². The van der Waals surface area contributed by atoms with Gasteiger partial charge in [0.1, 0.15) is 5.82 Å². The Morgan fingerprint density at radius 3 is 2.75 bits per heavy atom. The zero-order valence-corrected chi connectivity index (χ0v) is 9.91. The number of amides is 1. The normalized spacial score (nSPS) is 9.94. The minimum absolute atomic E-state index is 0.115. The van der Waals surface area contributed by atoms with Crippen molar-refractivity contribution in [3.8, 4) is 0 Å². The van der Waals surface area contributed by atoms with E-state index in [1.165, 1.54) is 18.2 Å². The fourth-order valence-electron chi connectivity index (χ4n) is 1.12. The van der Waals surface area contributed by atoms with Crippen molar-refractivity contribution in [2.45, 2.75) is 6.42 Å². The van der Waals surface area contributed by atoms with Crippen molar-refractivity contribution in [1.29, 1.82) is 0 Å². The lowest BCUT2D eigenvalue weighted by atomic mass is 10.1. The van der Waals surface area contributed by atoms with Gasteiger partial charge in [-0.05, 0) is 12.1 Å². The van der Waals surface area contributed by atoms with E-state index in [1.54, 1.807) is 0 Å². The summed E-state index contributed by atoms with van der Waals surface area (Å²) < 4.78 is 13.3. The van der Waals surface area contributed by atoms with Gasteiger partial charge >= 0.3 is 0 Å². The number of benzene rings is 1. The lowest BCUT2D eigenvalue weighted by molar-refractivity contribution is -0.120. The minimum Gasteiger partial charge on any atom is -0.351 e. The number of carbonyl (C=O) groups is 1. The third kappa shape index (κ3) is 3.83. The first-order valence-corrected chi connectivity index (χ1v) is 5.29. The first-order valence-electron chi connectivity index (χ1n) is 4.53. The number of halogens is 3. The lowest BCUT2D eigenvalue weighted by Crippen LogP contribution is -2.26. The second-order valence-corrected chi connectivity index (χ2v) is 4.11. The van der Waals surface area contributed by atoms with E-state index in [4.69, 9.17) is 23.2 Å². The van der Waals surface area contributed by atoms with Crippen molar-refractivity contribution in [3.05, 3.63) is 46.2 Å². The van der Waals surface area contributed by atoms with Gasteiger partial charge in [0, 0.05) is 15.6 Å². The van der Waals surface area contributed by atoms with Crippen LogP contribution >= 0.6 is 23.2 Å². The lowest BCUT2D eigenvalue weighted by Gasteiger charge is -2.06. The molecular formula is C11H10Cl2FNO. The van der Waals surface area contributed by atoms with Crippen molar-refractivity contribution in [2.75, 3.05) is 6.54 Å². The number of hydrogen-bond donors (Lipinski definition) is 1. The molecule has 0 fully saturated rings. The highest BCUT2D eigenvalue weighted by molar-refractivity contribution is 6.31. The zero-order valence-electron chi connectivity index (χ0n) is 8.40. The second-order valence-electron chi connectivity index (χ2n) is 3.17. The first kappa shape index (κ1) is 13.0. The summed E-state index contributed by atoms with van der Waals surface area (Å²) in [5, 5.41) is 3.04. The van der Waals surface area contributed by atoms with Gasteiger partial charge in [0.25, 0.3) is 0 Å². The molecule has 0 saturated carbocycles. The van der Waals surface area contributed by atoms with Gasteiger partial charge in [0.15, 0.2) is 0 Å². The maximum absolute atomic E-state index is 13.3. The highest BCUT2D eigenvalue weighted by Crippen LogP contribution is 2.19. The summed E-state index contributed by atoms with van der Waals surface area (Å²) >= 11 is 11.3. The van der Waals surface area contributed by atoms with Crippen molar-refractivity contribution in [2.24, 2.45) is 0 Å². The molecule has 1 N–H and O–H groups in total. The average Bonchev–Trinajstić information content (AvgIpc) is 2.21. The molecule has 5 heteroatoms. The van der Waals surface area contributed by atoms with Gasteiger partial charge in [-0.15, -0.1) is 0 Å². The highest BCUT2D eigenvalue weighted by atomic mass is 35.5. The molecule has 86 valence electrons. The van der Waals surface area contributed by atoms with Crippen LogP contribution in [0.5, 0.6) is 0 Å². The van der Waals surface area contributed by atoms with Crippen LogP contribution in [-0.2, 0) is 11.2 Å². The third-order valence-corrected chi connectivity index (χ3v) is 2.36. The van der Waals surface area contributed by atoms with Crippen LogP contribution in [0, 0.1) is 5.82 Å². The Hall–Kier alpha value is -1.06. The molecule has 0 atom stereocenters. The molecule has 0 aliphatic heterocycles. The molecule has 1 aromatic carbocycles. The fraction of sp³-hybridized carbons (Fsp3) is 0.182. The molecule has 0 radical (unpaired) electrons. The SMILES string of the molecule is C=C(Cl)CNC(=O)Cc1c(F)cccc1Cl. The number of rotatable bonds is 4. The van der Waals surface area contributed by atoms with Gasteiger partial charge in [-0.3, -0.25) is 4.79 Å². The molecule has 1 rings (SSSR count). The highest BCUT2D eigenvalue weighted by Gasteiger charge is 2.11. The Morgan fingerprint density at radius 1 is 1.50 bits per heavy atom. The third-order valence-electron chi connectivity index (χ3n) is 1.88. The molecule has 0 aromatic heterocycles. The summed E-state index contributed by atoms with van der Waals surface area (Å²) in [4.78, 5) is 11.4. The minimum atomic E-state index is -0.493. The fourth-order valence-corrected chi connectivity index (χ4v) is 1.42. The van der Waals surface area contributed by atoms with E-state index in [0.29, 0.717) is 5.03 Å². The van der Waals surface area contributed by atoms with Crippen LogP contribution < -0.4 is 5.32 Å². The summed E-state index contributed by atoms with van der Waals surface area (Å²) in [7, 11) is 0. The van der Waals surface area contributed by atoms with Gasteiger partial charge in [-0.2, -0.15) is 0 Å². The second kappa shape index (κ2) is 5.87. The van der Waals surface area contributed by atoms with Gasteiger partial charge in [0.05, 0.1) is 13.0 Å². The van der Waals surface area contributed by atoms with Crippen molar-refractivity contribution < 1.29 is 9.18 Å². The van der Waals surface area contributed by atoms with E-state index < -0.39 is 5.82 Å². The Labute approximate surface area is 103 Å². The standard InChI is InChI=1S/C11H10Cl2FNO/c1-7(12)6-15-11(16)5-8-9(13)3-2-4-10(8)14/h2-4H,1,5-6H2,(H,15,16). The molecule has 16 heavy (non-hydrogen) atoms. The van der Waals surface area contributed by atoms with Crippen LogP contribution in [0.4, 0.5) is 4.39 Å². The Kier molecular flexibility index (Phi) is 4.77. The Bertz CT molecular complexity index is 400. The van der Waals surface area contributed by atoms with Gasteiger partial charge in [0.2, 0.25) is 5.91 Å². The average molecular weight is 262 g/mol. The van der Waals surface area contributed by atoms with Crippen LogP contribution in [0.2, 0.25) is 5.02 Å². The van der Waals surface area contributed by atoms with Crippen LogP contribution in [0.15, 0.2) is 29.8 Å². The molecule has 0 bridgehead atoms. The summed E-state index contributed by atoms with van der Waals surface area (Å²) in [6, 6.07) is 4.28. The summed E-state index contributed by atoms with van der Waals surface area (Å²) in [6.45, 7) is 3.58. The van der Waals surface area contributed by atoms with E-state index in [1.807, 2.05) is 0 Å². The first-order chi connectivity index (χ1) is 7.50. The van der Waals surface area contributed by atoms with Gasteiger partial charge in [-0.25, -0.2) is 4.39 Å². The molecule has 0 aliphatic carbocycles. The molecule has 1 aromatic rings. The molecule has 1 amide bonds. The van der Waals surface area contributed by atoms with Gasteiger partial charge < -0.3 is 5.32 Å². The topological polar surface area (TPSA) is 29.1 Å². The quantitative estimate of drug-likeness (QED) is 0.888. The van der Waals surface area contributed by atoms with Crippen LogP contribution in [0.1, 0.15) is 5.56 Å². The monoisotopic (exact) mass is 261 g/mol. The van der Waals surface area contributed by atoms with Crippen LogP contribution in [0.3, 0.4) is 0 Å². The summed E-state index contributed by atoms with van der Waals surface area (Å²) in [6.07, 6.45) is -0.115. The maximum Gasteiger partial charge on any atom is 0.224 e. The molecular weight excluding hydrogens is 252 g/mol. The number of nitrogens with one attached hydrogen (secondary N) is 1. The molecule has 0 heterocycles. The maximum atomic E-state index is 13.3. The Morgan fingerprint density at radius 2 is 2.19 bits per heavy atom. The van der Waals surface area contributed by atoms with Crippen molar-refractivity contribution in [3.63, 3.8) is 0 Å². The molecule has 2 nitrogen and oxygen atoms in total. The zero-order chi connectivity index (χ0) is 12.1. The molecule has 0 aliphatic rings. The van der Waals surface area contributed by atoms with E-state index in [0.717, 1.165) is 0 Å². The molecule has 0 saturated heterocycles. The Balaban J connectivity index is 2.66. The molecule has 0 spiro atoms. The van der Waals surface area contributed by atoms with Crippen LogP contribution in [0.25, 0.3) is 0 Å². The summed E-state index contributed by atoms with van der Waals surface area (Å²) in [5.41, 5.74) is 0.182. The van der Waals surface area contributed by atoms with Gasteiger partial charge in [-0.1, -0.05) is 35.8 Å². The van der Waals surface area contributed by atoms with Crippen molar-refractivity contribution in [1.82, 2.24) is 5.32 Å². The van der Waals surface area contributed by atoms with E-state index in [-0.39, 0.29) is 29.5 Å².